The molecule has 0 bridgehead atoms. The highest BCUT2D eigenvalue weighted by atomic mass is 79.9. The highest BCUT2D eigenvalue weighted by Crippen LogP contribution is 2.28. The highest BCUT2D eigenvalue weighted by molar-refractivity contribution is 9.10. The fraction of sp³-hybridized carbons (Fsp3) is 0.182. The first-order valence-electron chi connectivity index (χ1n) is 4.53. The second-order valence-electron chi connectivity index (χ2n) is 3.34. The molecule has 2 nitrogen and oxygen atoms in total. The number of aromatic nitrogens is 2. The molecule has 0 atom stereocenters. The molecule has 0 amide bonds. The molecule has 2 rings (SSSR count). The number of imidazole rings is 1. The summed E-state index contributed by atoms with van der Waals surface area (Å²) in [4.78, 5) is 4.04. The minimum atomic E-state index is -0.446. The van der Waals surface area contributed by atoms with Crippen LogP contribution in [0.15, 0.2) is 35.2 Å². The molecule has 0 saturated heterocycles. The maximum absolute atomic E-state index is 12.5. The monoisotopic (exact) mass is 268 g/mol. The van der Waals surface area contributed by atoms with Crippen molar-refractivity contribution in [3.05, 3.63) is 40.8 Å². The molecule has 0 fully saturated rings. The highest BCUT2D eigenvalue weighted by Gasteiger charge is 2.07. The predicted molar refractivity (Wildman–Crippen MR) is 61.2 cm³/mol. The summed E-state index contributed by atoms with van der Waals surface area (Å²) in [6.07, 6.45) is 3.49. The van der Waals surface area contributed by atoms with E-state index in [9.17, 15) is 4.39 Å². The summed E-state index contributed by atoms with van der Waals surface area (Å²) in [6, 6.07) is 5.46. The number of benzene rings is 1. The predicted octanol–water partition coefficient (Wildman–Crippen LogP) is 3.32. The van der Waals surface area contributed by atoms with Crippen LogP contribution in [-0.2, 0) is 13.7 Å². The Morgan fingerprint density at radius 1 is 1.47 bits per heavy atom. The van der Waals surface area contributed by atoms with Crippen molar-refractivity contribution in [3.63, 3.8) is 0 Å². The zero-order valence-corrected chi connectivity index (χ0v) is 9.83. The number of rotatable bonds is 2. The number of halogens is 2. The van der Waals surface area contributed by atoms with Crippen molar-refractivity contribution in [1.82, 2.24) is 9.55 Å². The topological polar surface area (TPSA) is 17.8 Å². The molecule has 1 aromatic heterocycles. The molecule has 0 aliphatic carbocycles. The van der Waals surface area contributed by atoms with Crippen LogP contribution in [0.4, 0.5) is 4.39 Å². The van der Waals surface area contributed by atoms with Gasteiger partial charge in [-0.1, -0.05) is 22.0 Å². The Bertz CT molecular complexity index is 479. The van der Waals surface area contributed by atoms with Crippen molar-refractivity contribution in [3.8, 4) is 11.3 Å². The van der Waals surface area contributed by atoms with E-state index in [0.717, 1.165) is 15.7 Å². The summed E-state index contributed by atoms with van der Waals surface area (Å²) in [5, 5.41) is 0. The Balaban J connectivity index is 2.56. The molecule has 0 saturated carbocycles. The van der Waals surface area contributed by atoms with Crippen LogP contribution >= 0.6 is 15.9 Å². The fourth-order valence-corrected chi connectivity index (χ4v) is 1.92. The molecule has 0 aliphatic heterocycles. The van der Waals surface area contributed by atoms with E-state index in [1.165, 1.54) is 0 Å². The van der Waals surface area contributed by atoms with E-state index in [1.807, 2.05) is 23.7 Å². The van der Waals surface area contributed by atoms with Gasteiger partial charge in [0.2, 0.25) is 0 Å². The molecular formula is C11H10BrFN2. The summed E-state index contributed by atoms with van der Waals surface area (Å²) in [7, 11) is 1.91. The third-order valence-electron chi connectivity index (χ3n) is 2.28. The molecule has 1 heterocycles. The van der Waals surface area contributed by atoms with Gasteiger partial charge in [0.25, 0.3) is 0 Å². The first-order valence-corrected chi connectivity index (χ1v) is 5.32. The molecule has 0 radical (unpaired) electrons. The van der Waals surface area contributed by atoms with Gasteiger partial charge >= 0.3 is 0 Å². The first-order chi connectivity index (χ1) is 7.22. The van der Waals surface area contributed by atoms with E-state index >= 15 is 0 Å². The van der Waals surface area contributed by atoms with E-state index in [-0.39, 0.29) is 0 Å². The Morgan fingerprint density at radius 2 is 2.27 bits per heavy atom. The maximum atomic E-state index is 12.5. The van der Waals surface area contributed by atoms with Crippen LogP contribution in [0.3, 0.4) is 0 Å². The molecule has 2 aromatic rings. The van der Waals surface area contributed by atoms with Crippen molar-refractivity contribution >= 4 is 15.9 Å². The van der Waals surface area contributed by atoms with Crippen molar-refractivity contribution in [2.45, 2.75) is 6.67 Å². The van der Waals surface area contributed by atoms with Crippen LogP contribution in [0.1, 0.15) is 5.56 Å². The number of aryl methyl sites for hydroxylation is 1. The third-order valence-corrected chi connectivity index (χ3v) is 2.97. The zero-order chi connectivity index (χ0) is 10.8. The fourth-order valence-electron chi connectivity index (χ4n) is 1.47. The molecule has 0 unspecified atom stereocenters. The van der Waals surface area contributed by atoms with E-state index in [0.29, 0.717) is 5.56 Å². The lowest BCUT2D eigenvalue weighted by atomic mass is 10.1. The molecule has 15 heavy (non-hydrogen) atoms. The smallest absolute Gasteiger partial charge is 0.115 e. The summed E-state index contributed by atoms with van der Waals surface area (Å²) < 4.78 is 15.4. The summed E-state index contributed by atoms with van der Waals surface area (Å²) in [6.45, 7) is -0.446. The Hall–Kier alpha value is -1.16. The van der Waals surface area contributed by atoms with Gasteiger partial charge < -0.3 is 4.57 Å². The van der Waals surface area contributed by atoms with Gasteiger partial charge in [-0.2, -0.15) is 0 Å². The summed E-state index contributed by atoms with van der Waals surface area (Å²) in [5.41, 5.74) is 2.61. The molecular weight excluding hydrogens is 259 g/mol. The SMILES string of the molecule is Cn1cncc1-c1cc(CF)ccc1Br. The lowest BCUT2D eigenvalue weighted by Gasteiger charge is -2.06. The van der Waals surface area contributed by atoms with E-state index in [4.69, 9.17) is 0 Å². The molecule has 1 aromatic carbocycles. The average Bonchev–Trinajstić information content (AvgIpc) is 2.65. The van der Waals surface area contributed by atoms with Crippen molar-refractivity contribution in [1.29, 1.82) is 0 Å². The van der Waals surface area contributed by atoms with Crippen LogP contribution < -0.4 is 0 Å². The van der Waals surface area contributed by atoms with Crippen LogP contribution in [0.2, 0.25) is 0 Å². The standard InChI is InChI=1S/C11H10BrFN2/c1-15-7-14-6-11(15)9-4-8(5-13)2-3-10(9)12/h2-4,6-7H,5H2,1H3. The minimum Gasteiger partial charge on any atom is -0.334 e. The van der Waals surface area contributed by atoms with Gasteiger partial charge in [0.05, 0.1) is 18.2 Å². The minimum absolute atomic E-state index is 0.446. The van der Waals surface area contributed by atoms with E-state index in [2.05, 4.69) is 20.9 Å². The Kier molecular flexibility index (Phi) is 2.86. The van der Waals surface area contributed by atoms with Crippen molar-refractivity contribution < 1.29 is 4.39 Å². The van der Waals surface area contributed by atoms with Gasteiger partial charge in [0.1, 0.15) is 6.67 Å². The number of hydrogen-bond donors (Lipinski definition) is 0. The summed E-state index contributed by atoms with van der Waals surface area (Å²) in [5.74, 6) is 0. The maximum Gasteiger partial charge on any atom is 0.115 e. The van der Waals surface area contributed by atoms with Crippen molar-refractivity contribution in [2.75, 3.05) is 0 Å². The third kappa shape index (κ3) is 1.95. The van der Waals surface area contributed by atoms with Crippen LogP contribution in [0, 0.1) is 0 Å². The quantitative estimate of drug-likeness (QED) is 0.817. The van der Waals surface area contributed by atoms with Crippen LogP contribution in [-0.4, -0.2) is 9.55 Å². The number of alkyl halides is 1. The van der Waals surface area contributed by atoms with Crippen LogP contribution in [0.25, 0.3) is 11.3 Å². The normalized spacial score (nSPS) is 10.6. The second kappa shape index (κ2) is 4.14. The van der Waals surface area contributed by atoms with Gasteiger partial charge in [0.15, 0.2) is 0 Å². The van der Waals surface area contributed by atoms with Gasteiger partial charge in [0, 0.05) is 17.1 Å². The zero-order valence-electron chi connectivity index (χ0n) is 8.24. The second-order valence-corrected chi connectivity index (χ2v) is 4.19. The lowest BCUT2D eigenvalue weighted by molar-refractivity contribution is 0.485. The average molecular weight is 269 g/mol. The van der Waals surface area contributed by atoms with Gasteiger partial charge in [-0.05, 0) is 17.7 Å². The molecule has 4 heteroatoms. The van der Waals surface area contributed by atoms with Gasteiger partial charge in [-0.25, -0.2) is 9.37 Å². The largest absolute Gasteiger partial charge is 0.334 e. The Morgan fingerprint density at radius 3 is 2.87 bits per heavy atom. The summed E-state index contributed by atoms with van der Waals surface area (Å²) >= 11 is 3.45. The first kappa shape index (κ1) is 10.4. The Labute approximate surface area is 95.9 Å². The van der Waals surface area contributed by atoms with E-state index < -0.39 is 6.67 Å². The molecule has 0 aliphatic rings. The number of nitrogens with zero attached hydrogens (tertiary/aromatic N) is 2. The molecule has 78 valence electrons. The lowest BCUT2D eigenvalue weighted by Crippen LogP contribution is -1.91. The van der Waals surface area contributed by atoms with E-state index in [1.54, 1.807) is 18.6 Å². The van der Waals surface area contributed by atoms with Crippen molar-refractivity contribution in [2.24, 2.45) is 7.05 Å². The van der Waals surface area contributed by atoms with Gasteiger partial charge in [-0.3, -0.25) is 0 Å². The molecule has 0 spiro atoms. The van der Waals surface area contributed by atoms with Gasteiger partial charge in [-0.15, -0.1) is 0 Å². The van der Waals surface area contributed by atoms with Crippen LogP contribution in [0.5, 0.6) is 0 Å². The number of hydrogen-bond acceptors (Lipinski definition) is 1. The molecule has 0 N–H and O–H groups in total.